The van der Waals surface area contributed by atoms with E-state index in [0.29, 0.717) is 5.95 Å². The summed E-state index contributed by atoms with van der Waals surface area (Å²) in [5, 5.41) is 0.851. The van der Waals surface area contributed by atoms with Gasteiger partial charge in [-0.15, -0.1) is 0 Å². The molecule has 0 aliphatic carbocycles. The van der Waals surface area contributed by atoms with Crippen molar-refractivity contribution in [2.75, 3.05) is 17.2 Å². The molecule has 0 saturated carbocycles. The topological polar surface area (TPSA) is 90.2 Å². The second-order valence-corrected chi connectivity index (χ2v) is 5.25. The van der Waals surface area contributed by atoms with Crippen LogP contribution in [0.15, 0.2) is 34.3 Å². The van der Waals surface area contributed by atoms with E-state index < -0.39 is 0 Å². The average Bonchev–Trinajstić information content (AvgIpc) is 2.39. The fourth-order valence-electron chi connectivity index (χ4n) is 1.92. The van der Waals surface area contributed by atoms with Crippen molar-refractivity contribution >= 4 is 34.8 Å². The van der Waals surface area contributed by atoms with Gasteiger partial charge in [0.1, 0.15) is 10.7 Å². The van der Waals surface area contributed by atoms with E-state index in [1.807, 2.05) is 31.2 Å². The molecular weight excluding hydrogens is 258 g/mol. The van der Waals surface area contributed by atoms with Gasteiger partial charge in [-0.1, -0.05) is 23.9 Å². The number of nitrogens with zero attached hydrogens (tertiary/aromatic N) is 3. The first-order chi connectivity index (χ1) is 9.13. The van der Waals surface area contributed by atoms with Crippen molar-refractivity contribution in [3.63, 3.8) is 0 Å². The zero-order valence-corrected chi connectivity index (χ0v) is 11.2. The van der Waals surface area contributed by atoms with Gasteiger partial charge in [-0.3, -0.25) is 0 Å². The van der Waals surface area contributed by atoms with Gasteiger partial charge in [0, 0.05) is 11.4 Å². The quantitative estimate of drug-likeness (QED) is 0.613. The lowest BCUT2D eigenvalue weighted by molar-refractivity contribution is 1.01. The van der Waals surface area contributed by atoms with Crippen LogP contribution in [-0.2, 0) is 0 Å². The minimum Gasteiger partial charge on any atom is -0.399 e. The molecule has 1 aliphatic rings. The summed E-state index contributed by atoms with van der Waals surface area (Å²) in [6.45, 7) is 1.90. The van der Waals surface area contributed by atoms with E-state index in [1.165, 1.54) is 0 Å². The van der Waals surface area contributed by atoms with E-state index in [2.05, 4.69) is 15.0 Å². The number of thioether (sulfide) groups is 1. The number of hydrogen-bond donors (Lipinski definition) is 2. The maximum Gasteiger partial charge on any atom is 0.221 e. The summed E-state index contributed by atoms with van der Waals surface area (Å²) in [6.07, 6.45) is 0. The number of hydrogen-bond acceptors (Lipinski definition) is 6. The number of rotatable bonds is 1. The number of nitrogens with two attached hydrogens (primary N) is 2. The Labute approximate surface area is 115 Å². The lowest BCUT2D eigenvalue weighted by Gasteiger charge is -2.16. The highest BCUT2D eigenvalue weighted by atomic mass is 32.2. The van der Waals surface area contributed by atoms with Gasteiger partial charge >= 0.3 is 0 Å². The summed E-state index contributed by atoms with van der Waals surface area (Å²) >= 11 is 1.63. The molecule has 2 aromatic rings. The Morgan fingerprint density at radius 2 is 1.84 bits per heavy atom. The van der Waals surface area contributed by atoms with Gasteiger partial charge in [-0.05, 0) is 24.6 Å². The number of anilines is 2. The van der Waals surface area contributed by atoms with Crippen LogP contribution in [0.1, 0.15) is 11.3 Å². The third kappa shape index (κ3) is 2.26. The van der Waals surface area contributed by atoms with Crippen LogP contribution < -0.4 is 11.5 Å². The normalized spacial score (nSPS) is 13.8. The maximum absolute atomic E-state index is 5.69. The summed E-state index contributed by atoms with van der Waals surface area (Å²) in [4.78, 5) is 13.0. The Kier molecular flexibility index (Phi) is 2.87. The van der Waals surface area contributed by atoms with Crippen molar-refractivity contribution < 1.29 is 0 Å². The van der Waals surface area contributed by atoms with E-state index in [4.69, 9.17) is 11.5 Å². The molecule has 6 heteroatoms. The lowest BCUT2D eigenvalue weighted by atomic mass is 10.1. The van der Waals surface area contributed by atoms with Crippen molar-refractivity contribution in [2.24, 2.45) is 4.99 Å². The first-order valence-electron chi connectivity index (χ1n) is 5.84. The summed E-state index contributed by atoms with van der Waals surface area (Å²) in [5.41, 5.74) is 15.8. The van der Waals surface area contributed by atoms with E-state index in [1.54, 1.807) is 11.8 Å². The van der Waals surface area contributed by atoms with Gasteiger partial charge < -0.3 is 11.5 Å². The van der Waals surface area contributed by atoms with Gasteiger partial charge in [0.05, 0.1) is 11.4 Å². The predicted molar refractivity (Wildman–Crippen MR) is 79.0 cm³/mol. The zero-order valence-electron chi connectivity index (χ0n) is 10.4. The standard InChI is InChI=1S/C13H13N5S/c1-7-11-12(18-13(15)16-7)19-6-10(17-11)8-2-4-9(14)5-3-8/h2-5H,6,14H2,1H3,(H2,15,16,18). The number of fused-ring (bicyclic) bond motifs is 1. The number of aryl methyl sites for hydroxylation is 1. The minimum absolute atomic E-state index is 0.301. The number of aromatic nitrogens is 2. The first-order valence-corrected chi connectivity index (χ1v) is 6.82. The highest BCUT2D eigenvalue weighted by molar-refractivity contribution is 8.00. The molecule has 4 N–H and O–H groups in total. The molecule has 0 amide bonds. The molecule has 0 spiro atoms. The SMILES string of the molecule is Cc1nc(N)nc2c1N=C(c1ccc(N)cc1)CS2. The molecule has 0 bridgehead atoms. The first kappa shape index (κ1) is 12.0. The second-order valence-electron chi connectivity index (χ2n) is 4.29. The molecule has 0 atom stereocenters. The van der Waals surface area contributed by atoms with Gasteiger partial charge in [0.15, 0.2) is 0 Å². The Morgan fingerprint density at radius 1 is 1.11 bits per heavy atom. The van der Waals surface area contributed by atoms with Gasteiger partial charge in [-0.2, -0.15) is 0 Å². The summed E-state index contributed by atoms with van der Waals surface area (Å²) < 4.78 is 0. The van der Waals surface area contributed by atoms with Crippen LogP contribution in [0, 0.1) is 6.92 Å². The number of aliphatic imine (C=N–C) groups is 1. The summed E-state index contributed by atoms with van der Waals surface area (Å²) in [5.74, 6) is 1.07. The van der Waals surface area contributed by atoms with Crippen molar-refractivity contribution in [3.05, 3.63) is 35.5 Å². The van der Waals surface area contributed by atoms with Crippen LogP contribution in [0.5, 0.6) is 0 Å². The van der Waals surface area contributed by atoms with Crippen LogP contribution in [-0.4, -0.2) is 21.4 Å². The van der Waals surface area contributed by atoms with Crippen LogP contribution in [0.25, 0.3) is 0 Å². The molecule has 2 heterocycles. The molecular formula is C13H13N5S. The maximum atomic E-state index is 5.69. The van der Waals surface area contributed by atoms with Crippen molar-refractivity contribution in [1.29, 1.82) is 0 Å². The fraction of sp³-hybridized carbons (Fsp3) is 0.154. The molecule has 0 unspecified atom stereocenters. The molecule has 96 valence electrons. The molecule has 0 radical (unpaired) electrons. The molecule has 1 aromatic carbocycles. The Balaban J connectivity index is 2.06. The largest absolute Gasteiger partial charge is 0.399 e. The van der Waals surface area contributed by atoms with E-state index in [9.17, 15) is 0 Å². The average molecular weight is 271 g/mol. The Hall–Kier alpha value is -2.08. The van der Waals surface area contributed by atoms with Gasteiger partial charge in [0.2, 0.25) is 5.95 Å². The number of benzene rings is 1. The van der Waals surface area contributed by atoms with Crippen LogP contribution >= 0.6 is 11.8 Å². The van der Waals surface area contributed by atoms with Crippen molar-refractivity contribution in [2.45, 2.75) is 11.9 Å². The summed E-state index contributed by atoms with van der Waals surface area (Å²) in [7, 11) is 0. The molecule has 0 saturated heterocycles. The van der Waals surface area contributed by atoms with Gasteiger partial charge in [0.25, 0.3) is 0 Å². The predicted octanol–water partition coefficient (Wildman–Crippen LogP) is 2.18. The molecule has 19 heavy (non-hydrogen) atoms. The summed E-state index contributed by atoms with van der Waals surface area (Å²) in [6, 6.07) is 7.72. The van der Waals surface area contributed by atoms with Crippen LogP contribution in [0.3, 0.4) is 0 Å². The molecule has 0 fully saturated rings. The second kappa shape index (κ2) is 4.55. The smallest absolute Gasteiger partial charge is 0.221 e. The van der Waals surface area contributed by atoms with Crippen LogP contribution in [0.2, 0.25) is 0 Å². The van der Waals surface area contributed by atoms with Gasteiger partial charge in [-0.25, -0.2) is 15.0 Å². The third-order valence-electron chi connectivity index (χ3n) is 2.88. The van der Waals surface area contributed by atoms with E-state index in [0.717, 1.165) is 39.1 Å². The monoisotopic (exact) mass is 271 g/mol. The van der Waals surface area contributed by atoms with E-state index in [-0.39, 0.29) is 0 Å². The minimum atomic E-state index is 0.301. The van der Waals surface area contributed by atoms with E-state index >= 15 is 0 Å². The Morgan fingerprint density at radius 3 is 2.58 bits per heavy atom. The number of nitrogen functional groups attached to an aromatic ring is 2. The zero-order chi connectivity index (χ0) is 13.4. The highest BCUT2D eigenvalue weighted by Gasteiger charge is 2.18. The molecule has 3 rings (SSSR count). The molecule has 5 nitrogen and oxygen atoms in total. The van der Waals surface area contributed by atoms with Crippen LogP contribution in [0.4, 0.5) is 17.3 Å². The Bertz CT molecular complexity index is 663. The highest BCUT2D eigenvalue weighted by Crippen LogP contribution is 2.35. The van der Waals surface area contributed by atoms with Crippen molar-refractivity contribution in [1.82, 2.24) is 9.97 Å². The fourth-order valence-corrected chi connectivity index (χ4v) is 2.91. The lowest BCUT2D eigenvalue weighted by Crippen LogP contribution is -2.10. The molecule has 1 aliphatic heterocycles. The molecule has 1 aromatic heterocycles. The third-order valence-corrected chi connectivity index (χ3v) is 3.86. The van der Waals surface area contributed by atoms with Crippen molar-refractivity contribution in [3.8, 4) is 0 Å².